The minimum absolute atomic E-state index is 0.0380. The molecule has 0 aliphatic rings. The standard InChI is InChI=1S/C19H21FN6O2S/c1-26(2)17-7-6-16(29(21,27)28)8-13(17)11-22-18-10-19(24-12-23-18)25-15-5-3-4-14(20)9-15/h3-10,12H,11H2,1-2H3,(H2,21,27,28)(H2,22,23,24,25). The summed E-state index contributed by atoms with van der Waals surface area (Å²) in [6.07, 6.45) is 1.37. The van der Waals surface area contributed by atoms with Crippen molar-refractivity contribution in [1.29, 1.82) is 0 Å². The minimum atomic E-state index is -3.81. The number of hydrogen-bond donors (Lipinski definition) is 3. The Hall–Kier alpha value is -3.24. The highest BCUT2D eigenvalue weighted by Crippen LogP contribution is 2.24. The fourth-order valence-corrected chi connectivity index (χ4v) is 3.30. The average molecular weight is 416 g/mol. The summed E-state index contributed by atoms with van der Waals surface area (Å²) < 4.78 is 36.7. The molecule has 8 nitrogen and oxygen atoms in total. The van der Waals surface area contributed by atoms with Crippen molar-refractivity contribution < 1.29 is 12.8 Å². The van der Waals surface area contributed by atoms with Gasteiger partial charge < -0.3 is 15.5 Å². The lowest BCUT2D eigenvalue weighted by Crippen LogP contribution is -2.16. The summed E-state index contributed by atoms with van der Waals surface area (Å²) in [5.74, 6) is 0.650. The summed E-state index contributed by atoms with van der Waals surface area (Å²) in [6.45, 7) is 0.313. The first kappa shape index (κ1) is 20.5. The topological polar surface area (TPSA) is 113 Å². The second kappa shape index (κ2) is 8.41. The molecule has 0 bridgehead atoms. The van der Waals surface area contributed by atoms with Gasteiger partial charge in [-0.25, -0.2) is 27.9 Å². The van der Waals surface area contributed by atoms with Gasteiger partial charge in [-0.1, -0.05) is 6.07 Å². The van der Waals surface area contributed by atoms with E-state index in [0.29, 0.717) is 23.9 Å². The first-order valence-electron chi connectivity index (χ1n) is 8.64. The largest absolute Gasteiger partial charge is 0.377 e. The van der Waals surface area contributed by atoms with E-state index in [2.05, 4.69) is 20.6 Å². The number of hydrogen-bond acceptors (Lipinski definition) is 7. The number of nitrogens with two attached hydrogens (primary N) is 1. The van der Waals surface area contributed by atoms with Crippen LogP contribution in [0, 0.1) is 5.82 Å². The Bertz CT molecular complexity index is 1120. The predicted molar refractivity (Wildman–Crippen MR) is 111 cm³/mol. The van der Waals surface area contributed by atoms with E-state index in [0.717, 1.165) is 11.3 Å². The second-order valence-corrected chi connectivity index (χ2v) is 8.07. The number of halogens is 1. The van der Waals surface area contributed by atoms with E-state index in [1.165, 1.54) is 30.6 Å². The summed E-state index contributed by atoms with van der Waals surface area (Å²) in [6, 6.07) is 12.4. The highest BCUT2D eigenvalue weighted by Gasteiger charge is 2.13. The van der Waals surface area contributed by atoms with Gasteiger partial charge in [-0.15, -0.1) is 0 Å². The average Bonchev–Trinajstić information content (AvgIpc) is 2.65. The molecule has 152 valence electrons. The lowest BCUT2D eigenvalue weighted by atomic mass is 10.1. The molecule has 4 N–H and O–H groups in total. The van der Waals surface area contributed by atoms with Gasteiger partial charge in [-0.05, 0) is 42.0 Å². The van der Waals surface area contributed by atoms with Crippen molar-refractivity contribution in [2.24, 2.45) is 5.14 Å². The zero-order valence-electron chi connectivity index (χ0n) is 15.9. The molecule has 0 unspecified atom stereocenters. The van der Waals surface area contributed by atoms with Gasteiger partial charge >= 0.3 is 0 Å². The van der Waals surface area contributed by atoms with E-state index in [4.69, 9.17) is 5.14 Å². The Balaban J connectivity index is 1.79. The Morgan fingerprint density at radius 3 is 2.52 bits per heavy atom. The van der Waals surface area contributed by atoms with Gasteiger partial charge in [0.25, 0.3) is 0 Å². The van der Waals surface area contributed by atoms with Crippen LogP contribution in [-0.4, -0.2) is 32.5 Å². The van der Waals surface area contributed by atoms with E-state index in [9.17, 15) is 12.8 Å². The molecular formula is C19H21FN6O2S. The molecule has 1 aromatic heterocycles. The smallest absolute Gasteiger partial charge is 0.238 e. The van der Waals surface area contributed by atoms with Gasteiger partial charge in [0.05, 0.1) is 4.90 Å². The monoisotopic (exact) mass is 416 g/mol. The number of primary sulfonamides is 1. The zero-order chi connectivity index (χ0) is 21.0. The Morgan fingerprint density at radius 2 is 1.83 bits per heavy atom. The van der Waals surface area contributed by atoms with Crippen molar-refractivity contribution in [2.75, 3.05) is 29.6 Å². The highest BCUT2D eigenvalue weighted by atomic mass is 32.2. The van der Waals surface area contributed by atoms with Crippen LogP contribution in [0.1, 0.15) is 5.56 Å². The van der Waals surface area contributed by atoms with Crippen LogP contribution < -0.4 is 20.7 Å². The molecule has 29 heavy (non-hydrogen) atoms. The van der Waals surface area contributed by atoms with Crippen LogP contribution in [0.5, 0.6) is 0 Å². The Morgan fingerprint density at radius 1 is 1.07 bits per heavy atom. The summed E-state index contributed by atoms with van der Waals surface area (Å²) >= 11 is 0. The predicted octanol–water partition coefficient (Wildman–Crippen LogP) is 2.68. The van der Waals surface area contributed by atoms with Crippen molar-refractivity contribution >= 4 is 33.0 Å². The third-order valence-electron chi connectivity index (χ3n) is 4.09. The molecule has 10 heteroatoms. The number of rotatable bonds is 7. The van der Waals surface area contributed by atoms with Crippen molar-refractivity contribution in [3.63, 3.8) is 0 Å². The molecule has 3 rings (SSSR count). The lowest BCUT2D eigenvalue weighted by molar-refractivity contribution is 0.597. The normalized spacial score (nSPS) is 11.2. The van der Waals surface area contributed by atoms with E-state index >= 15 is 0 Å². The molecule has 0 atom stereocenters. The van der Waals surface area contributed by atoms with Crippen molar-refractivity contribution in [2.45, 2.75) is 11.4 Å². The summed E-state index contributed by atoms with van der Waals surface area (Å²) in [5, 5.41) is 11.4. The molecule has 0 radical (unpaired) electrons. The number of nitrogens with zero attached hydrogens (tertiary/aromatic N) is 3. The van der Waals surface area contributed by atoms with E-state index in [1.54, 1.807) is 24.3 Å². The van der Waals surface area contributed by atoms with Crippen LogP contribution >= 0.6 is 0 Å². The first-order valence-corrected chi connectivity index (χ1v) is 10.2. The maximum Gasteiger partial charge on any atom is 0.238 e. The van der Waals surface area contributed by atoms with Gasteiger partial charge in [0, 0.05) is 38.1 Å². The maximum atomic E-state index is 13.3. The quantitative estimate of drug-likeness (QED) is 0.543. The third-order valence-corrected chi connectivity index (χ3v) is 5.00. The zero-order valence-corrected chi connectivity index (χ0v) is 16.7. The molecule has 0 amide bonds. The van der Waals surface area contributed by atoms with Crippen LogP contribution in [0.2, 0.25) is 0 Å². The fraction of sp³-hybridized carbons (Fsp3) is 0.158. The van der Waals surface area contributed by atoms with Gasteiger partial charge in [0.15, 0.2) is 0 Å². The van der Waals surface area contributed by atoms with Gasteiger partial charge in [0.2, 0.25) is 10.0 Å². The highest BCUT2D eigenvalue weighted by molar-refractivity contribution is 7.89. The molecule has 0 aliphatic heterocycles. The second-order valence-electron chi connectivity index (χ2n) is 6.51. The maximum absolute atomic E-state index is 13.3. The number of benzene rings is 2. The van der Waals surface area contributed by atoms with Crippen molar-refractivity contribution in [3.8, 4) is 0 Å². The molecule has 0 saturated carbocycles. The van der Waals surface area contributed by atoms with Crippen molar-refractivity contribution in [3.05, 3.63) is 66.2 Å². The van der Waals surface area contributed by atoms with Crippen LogP contribution in [0.15, 0.2) is 59.8 Å². The first-order chi connectivity index (χ1) is 13.7. The minimum Gasteiger partial charge on any atom is -0.377 e. The number of nitrogens with one attached hydrogen (secondary N) is 2. The summed E-state index contributed by atoms with van der Waals surface area (Å²) in [4.78, 5) is 10.2. The molecule has 3 aromatic rings. The molecule has 0 spiro atoms. The molecular weight excluding hydrogens is 395 g/mol. The summed E-state index contributed by atoms with van der Waals surface area (Å²) in [5.41, 5.74) is 2.14. The molecule has 0 saturated heterocycles. The molecule has 0 aliphatic carbocycles. The third kappa shape index (κ3) is 5.39. The van der Waals surface area contributed by atoms with Gasteiger partial charge in [0.1, 0.15) is 23.8 Å². The van der Waals surface area contributed by atoms with Gasteiger partial charge in [-0.2, -0.15) is 0 Å². The molecule has 0 fully saturated rings. The van der Waals surface area contributed by atoms with E-state index in [1.807, 2.05) is 19.0 Å². The van der Waals surface area contributed by atoms with Crippen molar-refractivity contribution in [1.82, 2.24) is 9.97 Å². The number of anilines is 4. The number of sulfonamides is 1. The summed E-state index contributed by atoms with van der Waals surface area (Å²) in [7, 11) is -0.0836. The Kier molecular flexibility index (Phi) is 5.95. The van der Waals surface area contributed by atoms with Crippen LogP contribution in [0.4, 0.5) is 27.4 Å². The SMILES string of the molecule is CN(C)c1ccc(S(N)(=O)=O)cc1CNc1cc(Nc2cccc(F)c2)ncn1. The molecule has 2 aromatic carbocycles. The van der Waals surface area contributed by atoms with E-state index < -0.39 is 10.0 Å². The fourth-order valence-electron chi connectivity index (χ4n) is 2.74. The van der Waals surface area contributed by atoms with Crippen LogP contribution in [0.3, 0.4) is 0 Å². The van der Waals surface area contributed by atoms with Crippen LogP contribution in [-0.2, 0) is 16.6 Å². The molecule has 1 heterocycles. The van der Waals surface area contributed by atoms with E-state index in [-0.39, 0.29) is 10.7 Å². The van der Waals surface area contributed by atoms with Crippen LogP contribution in [0.25, 0.3) is 0 Å². The lowest BCUT2D eigenvalue weighted by Gasteiger charge is -2.19. The Labute approximate surface area is 168 Å². The van der Waals surface area contributed by atoms with Gasteiger partial charge in [-0.3, -0.25) is 0 Å². The number of aromatic nitrogens is 2.